The van der Waals surface area contributed by atoms with Gasteiger partial charge in [-0.05, 0) is 12.5 Å². The van der Waals surface area contributed by atoms with Gasteiger partial charge in [0.25, 0.3) is 5.91 Å². The Morgan fingerprint density at radius 2 is 2.17 bits per heavy atom. The van der Waals surface area contributed by atoms with Gasteiger partial charge in [0.05, 0.1) is 13.2 Å². The summed E-state index contributed by atoms with van der Waals surface area (Å²) in [5.74, 6) is -1.39. The van der Waals surface area contributed by atoms with E-state index in [0.29, 0.717) is 19.7 Å². The largest absolute Gasteiger partial charge is 0.465 e. The lowest BCUT2D eigenvalue weighted by Gasteiger charge is -2.15. The number of hydrogen-bond donors (Lipinski definition) is 1. The Morgan fingerprint density at radius 1 is 1.44 bits per heavy atom. The van der Waals surface area contributed by atoms with Gasteiger partial charge < -0.3 is 4.74 Å². The van der Waals surface area contributed by atoms with Crippen LogP contribution in [-0.2, 0) is 20.9 Å². The third-order valence-electron chi connectivity index (χ3n) is 2.81. The molecule has 1 amide bonds. The van der Waals surface area contributed by atoms with E-state index in [1.54, 1.807) is 6.92 Å². The summed E-state index contributed by atoms with van der Waals surface area (Å²) in [4.78, 5) is 23.5. The lowest BCUT2D eigenvalue weighted by molar-refractivity contribution is -0.152. The van der Waals surface area contributed by atoms with Gasteiger partial charge in [-0.15, -0.1) is 0 Å². The Hall–Kier alpha value is -1.88. The second-order valence-electron chi connectivity index (χ2n) is 4.08. The normalized spacial score (nSPS) is 19.1. The fourth-order valence-electron chi connectivity index (χ4n) is 1.88. The predicted molar refractivity (Wildman–Crippen MR) is 65.1 cm³/mol. The van der Waals surface area contributed by atoms with Crippen LogP contribution in [0.3, 0.4) is 0 Å². The molecule has 1 aliphatic heterocycles. The highest BCUT2D eigenvalue weighted by atomic mass is 16.5. The highest BCUT2D eigenvalue weighted by Gasteiger charge is 2.37. The number of benzene rings is 1. The topological polar surface area (TPSA) is 58.6 Å². The minimum atomic E-state index is -0.714. The zero-order valence-corrected chi connectivity index (χ0v) is 10.3. The summed E-state index contributed by atoms with van der Waals surface area (Å²) >= 11 is 0. The van der Waals surface area contributed by atoms with Crippen LogP contribution in [0.2, 0.25) is 0 Å². The van der Waals surface area contributed by atoms with Gasteiger partial charge in [-0.1, -0.05) is 30.3 Å². The van der Waals surface area contributed by atoms with Gasteiger partial charge in [0, 0.05) is 6.54 Å². The number of hydrazine groups is 1. The SMILES string of the molecule is CCOC(=O)C1CNN(Cc2ccccc2)C1=O. The number of nitrogens with one attached hydrogen (secondary N) is 1. The van der Waals surface area contributed by atoms with E-state index in [1.165, 1.54) is 5.01 Å². The summed E-state index contributed by atoms with van der Waals surface area (Å²) < 4.78 is 4.87. The van der Waals surface area contributed by atoms with Crippen LogP contribution in [0.5, 0.6) is 0 Å². The highest BCUT2D eigenvalue weighted by molar-refractivity contribution is 5.99. The Labute approximate surface area is 106 Å². The summed E-state index contributed by atoms with van der Waals surface area (Å²) in [5.41, 5.74) is 3.94. The van der Waals surface area contributed by atoms with E-state index < -0.39 is 11.9 Å². The van der Waals surface area contributed by atoms with Crippen LogP contribution in [-0.4, -0.2) is 30.0 Å². The molecule has 1 atom stereocenters. The lowest BCUT2D eigenvalue weighted by Crippen LogP contribution is -2.34. The molecule has 1 unspecified atom stereocenters. The zero-order valence-electron chi connectivity index (χ0n) is 10.3. The Bertz CT molecular complexity index is 433. The molecule has 0 radical (unpaired) electrons. The van der Waals surface area contributed by atoms with Gasteiger partial charge in [0.2, 0.25) is 0 Å². The van der Waals surface area contributed by atoms with Crippen molar-refractivity contribution >= 4 is 11.9 Å². The van der Waals surface area contributed by atoms with Crippen molar-refractivity contribution in [3.63, 3.8) is 0 Å². The second kappa shape index (κ2) is 5.64. The molecule has 0 spiro atoms. The van der Waals surface area contributed by atoms with Crippen LogP contribution >= 0.6 is 0 Å². The fraction of sp³-hybridized carbons (Fsp3) is 0.385. The molecule has 5 nitrogen and oxygen atoms in total. The second-order valence-corrected chi connectivity index (χ2v) is 4.08. The Morgan fingerprint density at radius 3 is 2.83 bits per heavy atom. The maximum atomic E-state index is 12.0. The average Bonchev–Trinajstić information content (AvgIpc) is 2.73. The fourth-order valence-corrected chi connectivity index (χ4v) is 1.88. The van der Waals surface area contributed by atoms with Gasteiger partial charge in [-0.3, -0.25) is 14.6 Å². The number of ether oxygens (including phenoxy) is 1. The molecule has 1 fully saturated rings. The number of carbonyl (C=O) groups is 2. The van der Waals surface area contributed by atoms with Crippen molar-refractivity contribution in [2.24, 2.45) is 5.92 Å². The molecule has 18 heavy (non-hydrogen) atoms. The summed E-state index contributed by atoms with van der Waals surface area (Å²) in [6.45, 7) is 2.79. The van der Waals surface area contributed by atoms with Crippen molar-refractivity contribution < 1.29 is 14.3 Å². The monoisotopic (exact) mass is 248 g/mol. The molecule has 5 heteroatoms. The predicted octanol–water partition coefficient (Wildman–Crippen LogP) is 0.713. The number of amides is 1. The highest BCUT2D eigenvalue weighted by Crippen LogP contribution is 2.14. The number of esters is 1. The lowest BCUT2D eigenvalue weighted by atomic mass is 10.1. The van der Waals surface area contributed by atoms with E-state index in [-0.39, 0.29) is 5.91 Å². The zero-order chi connectivity index (χ0) is 13.0. The van der Waals surface area contributed by atoms with E-state index in [4.69, 9.17) is 4.74 Å². The number of carbonyl (C=O) groups excluding carboxylic acids is 2. The van der Waals surface area contributed by atoms with Crippen LogP contribution in [0, 0.1) is 5.92 Å². The molecule has 1 N–H and O–H groups in total. The van der Waals surface area contributed by atoms with Crippen molar-refractivity contribution in [2.45, 2.75) is 13.5 Å². The molecule has 96 valence electrons. The molecule has 2 rings (SSSR count). The van der Waals surface area contributed by atoms with Crippen molar-refractivity contribution in [1.82, 2.24) is 10.4 Å². The molecule has 1 saturated heterocycles. The molecule has 1 aliphatic rings. The van der Waals surface area contributed by atoms with Crippen LogP contribution in [0.25, 0.3) is 0 Å². The third kappa shape index (κ3) is 2.68. The Kier molecular flexibility index (Phi) is 3.94. The van der Waals surface area contributed by atoms with Gasteiger partial charge in [0.1, 0.15) is 0 Å². The average molecular weight is 248 g/mol. The molecule has 1 aromatic rings. The molecule has 0 bridgehead atoms. The standard InChI is InChI=1S/C13H16N2O3/c1-2-18-13(17)11-8-14-15(12(11)16)9-10-6-4-3-5-7-10/h3-7,11,14H,2,8-9H2,1H3. The molecule has 0 aliphatic carbocycles. The quantitative estimate of drug-likeness (QED) is 0.630. The molecule has 0 aromatic heterocycles. The molecular formula is C13H16N2O3. The summed E-state index contributed by atoms with van der Waals surface area (Å²) in [5, 5.41) is 1.47. The number of rotatable bonds is 4. The first kappa shape index (κ1) is 12.6. The van der Waals surface area contributed by atoms with E-state index in [2.05, 4.69) is 5.43 Å². The number of nitrogens with zero attached hydrogens (tertiary/aromatic N) is 1. The van der Waals surface area contributed by atoms with Crippen molar-refractivity contribution in [3.8, 4) is 0 Å². The first-order chi connectivity index (χ1) is 8.72. The number of hydrogen-bond acceptors (Lipinski definition) is 4. The van der Waals surface area contributed by atoms with E-state index in [0.717, 1.165) is 5.56 Å². The van der Waals surface area contributed by atoms with Crippen LogP contribution in [0.15, 0.2) is 30.3 Å². The minimum Gasteiger partial charge on any atom is -0.465 e. The Balaban J connectivity index is 1.97. The minimum absolute atomic E-state index is 0.225. The van der Waals surface area contributed by atoms with E-state index >= 15 is 0 Å². The van der Waals surface area contributed by atoms with E-state index in [1.807, 2.05) is 30.3 Å². The smallest absolute Gasteiger partial charge is 0.319 e. The van der Waals surface area contributed by atoms with Gasteiger partial charge in [0.15, 0.2) is 5.92 Å². The first-order valence-electron chi connectivity index (χ1n) is 5.97. The van der Waals surface area contributed by atoms with E-state index in [9.17, 15) is 9.59 Å². The van der Waals surface area contributed by atoms with Gasteiger partial charge >= 0.3 is 5.97 Å². The van der Waals surface area contributed by atoms with Gasteiger partial charge in [-0.2, -0.15) is 0 Å². The molecule has 1 aromatic carbocycles. The molecular weight excluding hydrogens is 232 g/mol. The van der Waals surface area contributed by atoms with Crippen molar-refractivity contribution in [2.75, 3.05) is 13.2 Å². The van der Waals surface area contributed by atoms with Crippen molar-refractivity contribution in [3.05, 3.63) is 35.9 Å². The van der Waals surface area contributed by atoms with Gasteiger partial charge in [-0.25, -0.2) is 5.43 Å². The third-order valence-corrected chi connectivity index (χ3v) is 2.81. The van der Waals surface area contributed by atoms with Crippen LogP contribution < -0.4 is 5.43 Å². The summed E-state index contributed by atoms with van der Waals surface area (Å²) in [7, 11) is 0. The summed E-state index contributed by atoms with van der Waals surface area (Å²) in [6.07, 6.45) is 0. The maximum Gasteiger partial charge on any atom is 0.319 e. The van der Waals surface area contributed by atoms with Crippen LogP contribution in [0.1, 0.15) is 12.5 Å². The molecule has 0 saturated carbocycles. The molecule has 1 heterocycles. The van der Waals surface area contributed by atoms with Crippen molar-refractivity contribution in [1.29, 1.82) is 0 Å². The maximum absolute atomic E-state index is 12.0. The summed E-state index contributed by atoms with van der Waals surface area (Å²) in [6, 6.07) is 9.63. The first-order valence-corrected chi connectivity index (χ1v) is 5.97. The van der Waals surface area contributed by atoms with Crippen LogP contribution in [0.4, 0.5) is 0 Å².